The van der Waals surface area contributed by atoms with Gasteiger partial charge in [-0.05, 0) is 45.5 Å². The fourth-order valence-electron chi connectivity index (χ4n) is 2.47. The van der Waals surface area contributed by atoms with Gasteiger partial charge >= 0.3 is 6.03 Å². The lowest BCUT2D eigenvalue weighted by atomic mass is 10.1. The van der Waals surface area contributed by atoms with Crippen LogP contribution in [0.4, 0.5) is 9.18 Å². The lowest BCUT2D eigenvalue weighted by Gasteiger charge is -2.26. The van der Waals surface area contributed by atoms with Crippen molar-refractivity contribution in [3.8, 4) is 0 Å². The molecule has 6 heteroatoms. The number of benzene rings is 1. The minimum Gasteiger partial charge on any atom is -0.324 e. The van der Waals surface area contributed by atoms with E-state index in [2.05, 4.69) is 5.32 Å². The second-order valence-electron chi connectivity index (χ2n) is 6.22. The molecular formula is C16H22FN3O2. The Morgan fingerprint density at radius 1 is 1.27 bits per heavy atom. The first kappa shape index (κ1) is 16.4. The molecule has 1 aliphatic rings. The molecule has 1 heterocycles. The molecule has 0 bridgehead atoms. The summed E-state index contributed by atoms with van der Waals surface area (Å²) in [5, 5.41) is 2.66. The number of urea groups is 1. The number of likely N-dealkylation sites (N-methyl/N-ethyl adjacent to an activating group) is 1. The quantitative estimate of drug-likeness (QED) is 0.848. The first-order chi connectivity index (χ1) is 10.2. The third kappa shape index (κ3) is 3.27. The molecule has 2 rings (SSSR count). The lowest BCUT2D eigenvalue weighted by molar-refractivity contribution is -0.130. The van der Waals surface area contributed by atoms with Gasteiger partial charge in [-0.3, -0.25) is 14.6 Å². The number of carbonyl (C=O) groups is 2. The van der Waals surface area contributed by atoms with Crippen molar-refractivity contribution in [1.29, 1.82) is 0 Å². The van der Waals surface area contributed by atoms with Gasteiger partial charge in [0.25, 0.3) is 5.91 Å². The lowest BCUT2D eigenvalue weighted by Crippen LogP contribution is -2.41. The normalized spacial score (nSPS) is 18.7. The monoisotopic (exact) mass is 307 g/mol. The average molecular weight is 307 g/mol. The van der Waals surface area contributed by atoms with Gasteiger partial charge in [-0.15, -0.1) is 0 Å². The Hall–Kier alpha value is -1.95. The van der Waals surface area contributed by atoms with Crippen molar-refractivity contribution in [3.05, 3.63) is 35.6 Å². The van der Waals surface area contributed by atoms with Crippen molar-refractivity contribution in [3.63, 3.8) is 0 Å². The van der Waals surface area contributed by atoms with E-state index in [0.717, 1.165) is 5.56 Å². The number of hydrogen-bond acceptors (Lipinski definition) is 3. The molecule has 22 heavy (non-hydrogen) atoms. The van der Waals surface area contributed by atoms with Crippen molar-refractivity contribution in [1.82, 2.24) is 15.1 Å². The molecule has 0 aliphatic carbocycles. The van der Waals surface area contributed by atoms with Gasteiger partial charge in [-0.25, -0.2) is 9.18 Å². The Morgan fingerprint density at radius 2 is 1.86 bits per heavy atom. The Labute approximate surface area is 130 Å². The summed E-state index contributed by atoms with van der Waals surface area (Å²) in [6, 6.07) is 6.06. The van der Waals surface area contributed by atoms with Crippen LogP contribution < -0.4 is 5.32 Å². The Morgan fingerprint density at radius 3 is 2.36 bits per heavy atom. The number of nitrogens with one attached hydrogen (secondary N) is 1. The third-order valence-corrected chi connectivity index (χ3v) is 4.13. The van der Waals surface area contributed by atoms with Crippen LogP contribution in [0.3, 0.4) is 0 Å². The second kappa shape index (κ2) is 6.04. The van der Waals surface area contributed by atoms with Crippen LogP contribution >= 0.6 is 0 Å². The maximum absolute atomic E-state index is 13.0. The van der Waals surface area contributed by atoms with E-state index in [-0.39, 0.29) is 23.8 Å². The molecule has 0 saturated carbocycles. The first-order valence-corrected chi connectivity index (χ1v) is 7.32. The zero-order valence-corrected chi connectivity index (χ0v) is 13.4. The van der Waals surface area contributed by atoms with Crippen molar-refractivity contribution in [2.24, 2.45) is 0 Å². The minimum atomic E-state index is -0.835. The molecule has 0 radical (unpaired) electrons. The highest BCUT2D eigenvalue weighted by molar-refractivity contribution is 6.06. The van der Waals surface area contributed by atoms with Crippen molar-refractivity contribution < 1.29 is 14.0 Å². The van der Waals surface area contributed by atoms with Crippen LogP contribution in [0.5, 0.6) is 0 Å². The van der Waals surface area contributed by atoms with E-state index in [1.807, 2.05) is 18.9 Å². The van der Waals surface area contributed by atoms with Crippen LogP contribution in [-0.2, 0) is 4.79 Å². The van der Waals surface area contributed by atoms with E-state index in [1.165, 1.54) is 17.0 Å². The maximum Gasteiger partial charge on any atom is 0.325 e. The SMILES string of the molecule is CC(c1ccc(F)cc1)N(C)CCN1C(=O)NC(C)(C)C1=O. The zero-order chi connectivity index (χ0) is 16.5. The van der Waals surface area contributed by atoms with E-state index in [9.17, 15) is 14.0 Å². The largest absolute Gasteiger partial charge is 0.325 e. The maximum atomic E-state index is 13.0. The summed E-state index contributed by atoms with van der Waals surface area (Å²) in [6.07, 6.45) is 0. The van der Waals surface area contributed by atoms with Crippen LogP contribution in [0.15, 0.2) is 24.3 Å². The van der Waals surface area contributed by atoms with Crippen LogP contribution in [-0.4, -0.2) is 47.4 Å². The summed E-state index contributed by atoms with van der Waals surface area (Å²) in [5.74, 6) is -0.472. The van der Waals surface area contributed by atoms with Gasteiger partial charge in [0.15, 0.2) is 0 Å². The molecule has 1 N–H and O–H groups in total. The molecule has 1 atom stereocenters. The number of hydrogen-bond donors (Lipinski definition) is 1. The first-order valence-electron chi connectivity index (χ1n) is 7.32. The molecule has 3 amide bonds. The predicted molar refractivity (Wildman–Crippen MR) is 81.8 cm³/mol. The number of halogens is 1. The summed E-state index contributed by atoms with van der Waals surface area (Å²) in [4.78, 5) is 27.2. The van der Waals surface area contributed by atoms with Gasteiger partial charge in [0.2, 0.25) is 0 Å². The molecule has 5 nitrogen and oxygen atoms in total. The number of rotatable bonds is 5. The van der Waals surface area contributed by atoms with E-state index in [0.29, 0.717) is 13.1 Å². The highest BCUT2D eigenvalue weighted by Gasteiger charge is 2.43. The summed E-state index contributed by atoms with van der Waals surface area (Å²) in [7, 11) is 1.91. The van der Waals surface area contributed by atoms with Gasteiger partial charge in [0.1, 0.15) is 11.4 Å². The van der Waals surface area contributed by atoms with E-state index < -0.39 is 5.54 Å². The van der Waals surface area contributed by atoms with Crippen LogP contribution in [0.1, 0.15) is 32.4 Å². The number of amides is 3. The van der Waals surface area contributed by atoms with E-state index >= 15 is 0 Å². The van der Waals surface area contributed by atoms with Crippen LogP contribution in [0, 0.1) is 5.82 Å². The number of imide groups is 1. The van der Waals surface area contributed by atoms with Crippen LogP contribution in [0.25, 0.3) is 0 Å². The molecule has 1 saturated heterocycles. The Kier molecular flexibility index (Phi) is 4.51. The van der Waals surface area contributed by atoms with E-state index in [1.54, 1.807) is 26.0 Å². The summed E-state index contributed by atoms with van der Waals surface area (Å²) >= 11 is 0. The zero-order valence-electron chi connectivity index (χ0n) is 13.4. The molecule has 1 unspecified atom stereocenters. The topological polar surface area (TPSA) is 52.6 Å². The predicted octanol–water partition coefficient (Wildman–Crippen LogP) is 2.15. The molecule has 120 valence electrons. The van der Waals surface area contributed by atoms with Crippen LogP contribution in [0.2, 0.25) is 0 Å². The summed E-state index contributed by atoms with van der Waals surface area (Å²) < 4.78 is 13.0. The fraction of sp³-hybridized carbons (Fsp3) is 0.500. The fourth-order valence-corrected chi connectivity index (χ4v) is 2.47. The standard InChI is InChI=1S/C16H22FN3O2/c1-11(12-5-7-13(17)8-6-12)19(4)9-10-20-14(21)16(2,3)18-15(20)22/h5-8,11H,9-10H2,1-4H3,(H,18,22). The Balaban J connectivity index is 1.95. The molecule has 1 aromatic rings. The number of nitrogens with zero attached hydrogens (tertiary/aromatic N) is 2. The molecule has 0 spiro atoms. The van der Waals surface area contributed by atoms with Gasteiger partial charge in [0, 0.05) is 19.1 Å². The summed E-state index contributed by atoms with van der Waals surface area (Å²) in [6.45, 7) is 6.27. The average Bonchev–Trinajstić information content (AvgIpc) is 2.65. The Bertz CT molecular complexity index is 571. The van der Waals surface area contributed by atoms with Gasteiger partial charge in [0.05, 0.1) is 0 Å². The summed E-state index contributed by atoms with van der Waals surface area (Å²) in [5.41, 5.74) is 0.152. The smallest absolute Gasteiger partial charge is 0.324 e. The molecule has 1 aromatic carbocycles. The van der Waals surface area contributed by atoms with Gasteiger partial charge in [-0.1, -0.05) is 12.1 Å². The molecule has 1 fully saturated rings. The van der Waals surface area contributed by atoms with Crippen molar-refractivity contribution >= 4 is 11.9 Å². The second-order valence-corrected chi connectivity index (χ2v) is 6.22. The van der Waals surface area contributed by atoms with Crippen molar-refractivity contribution in [2.75, 3.05) is 20.1 Å². The van der Waals surface area contributed by atoms with Crippen molar-refractivity contribution in [2.45, 2.75) is 32.4 Å². The molecule has 1 aliphatic heterocycles. The highest BCUT2D eigenvalue weighted by Crippen LogP contribution is 2.20. The number of carbonyl (C=O) groups excluding carboxylic acids is 2. The highest BCUT2D eigenvalue weighted by atomic mass is 19.1. The molecular weight excluding hydrogens is 285 g/mol. The van der Waals surface area contributed by atoms with E-state index in [4.69, 9.17) is 0 Å². The van der Waals surface area contributed by atoms with Gasteiger partial charge < -0.3 is 5.32 Å². The van der Waals surface area contributed by atoms with Gasteiger partial charge in [-0.2, -0.15) is 0 Å². The minimum absolute atomic E-state index is 0.0642. The molecule has 0 aromatic heterocycles. The third-order valence-electron chi connectivity index (χ3n) is 4.13.